The fraction of sp³-hybridized carbons (Fsp3) is 0.488. The zero-order valence-corrected chi connectivity index (χ0v) is 31.0. The molecule has 3 atom stereocenters. The average Bonchev–Trinajstić information content (AvgIpc) is 3.95. The summed E-state index contributed by atoms with van der Waals surface area (Å²) < 4.78 is 45.4. The second kappa shape index (κ2) is 16.3. The summed E-state index contributed by atoms with van der Waals surface area (Å²) in [4.78, 5) is 31.2. The van der Waals surface area contributed by atoms with E-state index >= 15 is 4.39 Å². The number of aliphatic imine (C=N–C) groups is 1. The van der Waals surface area contributed by atoms with Crippen LogP contribution in [0.5, 0.6) is 11.5 Å². The lowest BCUT2D eigenvalue weighted by Crippen LogP contribution is -2.44. The first-order valence-corrected chi connectivity index (χ1v) is 19.3. The summed E-state index contributed by atoms with van der Waals surface area (Å²) in [6, 6.07) is 10.5. The second-order valence-electron chi connectivity index (χ2n) is 15.2. The normalized spacial score (nSPS) is 22.6. The molecule has 1 saturated carbocycles. The molecule has 53 heavy (non-hydrogen) atoms. The van der Waals surface area contributed by atoms with E-state index in [4.69, 9.17) is 19.6 Å². The van der Waals surface area contributed by atoms with Crippen molar-refractivity contribution in [3.05, 3.63) is 93.3 Å². The smallest absolute Gasteiger partial charge is 0.156 e. The van der Waals surface area contributed by atoms with Crippen LogP contribution in [0, 0.1) is 11.6 Å². The molecular formula is C43H50F2N4O4. The molecule has 1 fully saturated rings. The van der Waals surface area contributed by atoms with Crippen molar-refractivity contribution in [1.82, 2.24) is 14.7 Å². The van der Waals surface area contributed by atoms with E-state index < -0.39 is 11.6 Å². The van der Waals surface area contributed by atoms with Gasteiger partial charge in [-0.05, 0) is 137 Å². The fourth-order valence-electron chi connectivity index (χ4n) is 9.06. The van der Waals surface area contributed by atoms with Crippen LogP contribution >= 0.6 is 0 Å². The number of aromatic nitrogens is 2. The zero-order chi connectivity index (χ0) is 37.1. The molecule has 4 aliphatic rings. The van der Waals surface area contributed by atoms with Crippen molar-refractivity contribution in [3.8, 4) is 11.5 Å². The Morgan fingerprint density at radius 2 is 1.60 bits per heavy atom. The van der Waals surface area contributed by atoms with Crippen molar-refractivity contribution >= 4 is 24.4 Å². The number of benzene rings is 2. The van der Waals surface area contributed by atoms with Crippen molar-refractivity contribution < 1.29 is 27.8 Å². The van der Waals surface area contributed by atoms with Gasteiger partial charge in [0.15, 0.2) is 12.6 Å². The molecule has 0 bridgehead atoms. The second-order valence-corrected chi connectivity index (χ2v) is 15.2. The molecule has 0 saturated heterocycles. The first-order valence-electron chi connectivity index (χ1n) is 19.3. The average molecular weight is 725 g/mol. The topological polar surface area (TPSA) is 86.0 Å². The number of hydrogen-bond donors (Lipinski definition) is 0. The molecule has 1 aromatic heterocycles. The summed E-state index contributed by atoms with van der Waals surface area (Å²) in [5.74, 6) is -0.913. The number of carbonyl (C=O) groups is 2. The van der Waals surface area contributed by atoms with Gasteiger partial charge in [-0.3, -0.25) is 24.2 Å². The Balaban J connectivity index is 1.14. The summed E-state index contributed by atoms with van der Waals surface area (Å²) in [5, 5.41) is 4.70. The molecule has 0 spiro atoms. The number of nitrogens with zero attached hydrogens (tertiary/aromatic N) is 4. The highest BCUT2D eigenvalue weighted by atomic mass is 19.1. The molecule has 2 heterocycles. The van der Waals surface area contributed by atoms with E-state index in [2.05, 4.69) is 36.4 Å². The molecule has 3 unspecified atom stereocenters. The third-order valence-electron chi connectivity index (χ3n) is 11.8. The Morgan fingerprint density at radius 3 is 2.36 bits per heavy atom. The van der Waals surface area contributed by atoms with Crippen LogP contribution in [0.25, 0.3) is 5.57 Å². The van der Waals surface area contributed by atoms with Gasteiger partial charge in [0, 0.05) is 18.5 Å². The van der Waals surface area contributed by atoms with Crippen molar-refractivity contribution in [1.29, 1.82) is 0 Å². The highest BCUT2D eigenvalue weighted by molar-refractivity contribution is 5.81. The third-order valence-corrected chi connectivity index (χ3v) is 11.8. The van der Waals surface area contributed by atoms with E-state index in [9.17, 15) is 14.0 Å². The van der Waals surface area contributed by atoms with Gasteiger partial charge in [0.2, 0.25) is 0 Å². The molecule has 7 rings (SSSR count). The third kappa shape index (κ3) is 7.52. The van der Waals surface area contributed by atoms with Crippen LogP contribution in [0.4, 0.5) is 8.78 Å². The van der Waals surface area contributed by atoms with E-state index in [1.807, 2.05) is 12.4 Å². The van der Waals surface area contributed by atoms with Gasteiger partial charge in [-0.2, -0.15) is 5.10 Å². The van der Waals surface area contributed by atoms with Crippen LogP contribution < -0.4 is 9.47 Å². The Hall–Kier alpha value is -4.44. The lowest BCUT2D eigenvalue weighted by molar-refractivity contribution is 0.110. The number of carbonyl (C=O) groups excluding carboxylic acids is 2. The quantitative estimate of drug-likeness (QED) is 0.129. The largest absolute Gasteiger partial charge is 0.488 e. The zero-order valence-electron chi connectivity index (χ0n) is 31.0. The van der Waals surface area contributed by atoms with Gasteiger partial charge >= 0.3 is 0 Å². The number of halogens is 2. The van der Waals surface area contributed by atoms with Gasteiger partial charge in [0.05, 0.1) is 35.1 Å². The number of aldehydes is 2. The monoisotopic (exact) mass is 724 g/mol. The minimum Gasteiger partial charge on any atom is -0.488 e. The Kier molecular flexibility index (Phi) is 11.3. The minimum absolute atomic E-state index is 0.0298. The first-order chi connectivity index (χ1) is 25.8. The van der Waals surface area contributed by atoms with Crippen LogP contribution in [0.2, 0.25) is 0 Å². The standard InChI is InChI=1S/C43H50F2N4O4/c1-27(2)48-28(3)46-22-40(48)35-21-29(15-16-31(35)26-52-41-14-8-13-38(44)36(41)23-50)34-17-18-42(37(24-51)43(34)45)53-25-30-9-4-7-12-33(30)39-19-20-47-49(39)32-10-5-6-11-32/h8,13-14,17-20,22-24,27-29,32,40H,4-7,9-12,15-16,21,25-26H2,1-3H3. The molecule has 0 amide bonds. The molecular weight excluding hydrogens is 674 g/mol. The maximum Gasteiger partial charge on any atom is 0.156 e. The fourth-order valence-corrected chi connectivity index (χ4v) is 9.06. The summed E-state index contributed by atoms with van der Waals surface area (Å²) in [5.41, 5.74) is 6.05. The van der Waals surface area contributed by atoms with Crippen molar-refractivity contribution in [2.75, 3.05) is 13.2 Å². The van der Waals surface area contributed by atoms with Gasteiger partial charge in [-0.15, -0.1) is 0 Å². The van der Waals surface area contributed by atoms with Crippen LogP contribution in [0.3, 0.4) is 0 Å². The summed E-state index contributed by atoms with van der Waals surface area (Å²) in [6.45, 7) is 6.78. The predicted molar refractivity (Wildman–Crippen MR) is 202 cm³/mol. The predicted octanol–water partition coefficient (Wildman–Crippen LogP) is 9.46. The first kappa shape index (κ1) is 36.9. The molecule has 0 N–H and O–H groups in total. The highest BCUT2D eigenvalue weighted by Crippen LogP contribution is 2.43. The van der Waals surface area contributed by atoms with E-state index in [1.54, 1.807) is 18.2 Å². The summed E-state index contributed by atoms with van der Waals surface area (Å²) in [7, 11) is 0. The molecule has 0 radical (unpaired) electrons. The molecule has 3 aromatic rings. The van der Waals surface area contributed by atoms with Crippen LogP contribution in [-0.4, -0.2) is 64.9 Å². The SMILES string of the molecule is CC(C)N1C(C)N=CC1C1=C(COc2cccc(F)c2C=O)CCC(c2ccc(OCC3=C(c4ccnn4C4CCCC4)CCCC3)c(C=O)c2F)C1. The van der Waals surface area contributed by atoms with Crippen LogP contribution in [-0.2, 0) is 0 Å². The Bertz CT molecular complexity index is 1920. The molecule has 280 valence electrons. The molecule has 8 nitrogen and oxygen atoms in total. The number of ether oxygens (including phenoxy) is 2. The van der Waals surface area contributed by atoms with E-state index in [0.717, 1.165) is 55.4 Å². The van der Waals surface area contributed by atoms with E-state index in [-0.39, 0.29) is 53.4 Å². The Labute approximate surface area is 311 Å². The van der Waals surface area contributed by atoms with Crippen molar-refractivity contribution in [2.45, 2.75) is 122 Å². The highest BCUT2D eigenvalue weighted by Gasteiger charge is 2.37. The van der Waals surface area contributed by atoms with Crippen molar-refractivity contribution in [2.24, 2.45) is 4.99 Å². The summed E-state index contributed by atoms with van der Waals surface area (Å²) in [6.07, 6.45) is 15.4. The molecule has 3 aliphatic carbocycles. The van der Waals surface area contributed by atoms with E-state index in [0.29, 0.717) is 50.0 Å². The number of rotatable bonds is 13. The lowest BCUT2D eigenvalue weighted by Gasteiger charge is -2.37. The molecule has 2 aromatic carbocycles. The molecule has 1 aliphatic heterocycles. The van der Waals surface area contributed by atoms with Gasteiger partial charge < -0.3 is 9.47 Å². The van der Waals surface area contributed by atoms with Gasteiger partial charge in [-0.1, -0.05) is 25.0 Å². The van der Waals surface area contributed by atoms with Gasteiger partial charge in [0.1, 0.15) is 36.3 Å². The van der Waals surface area contributed by atoms with Crippen molar-refractivity contribution in [3.63, 3.8) is 0 Å². The van der Waals surface area contributed by atoms with Crippen LogP contribution in [0.1, 0.15) is 135 Å². The van der Waals surface area contributed by atoms with E-state index in [1.165, 1.54) is 36.1 Å². The van der Waals surface area contributed by atoms with Gasteiger partial charge in [0.25, 0.3) is 0 Å². The van der Waals surface area contributed by atoms with Crippen LogP contribution in [0.15, 0.2) is 64.3 Å². The molecule has 10 heteroatoms. The van der Waals surface area contributed by atoms with Gasteiger partial charge in [-0.25, -0.2) is 8.78 Å². The summed E-state index contributed by atoms with van der Waals surface area (Å²) >= 11 is 0. The lowest BCUT2D eigenvalue weighted by atomic mass is 9.77. The number of allylic oxidation sites excluding steroid dienone is 1. The maximum atomic E-state index is 16.5. The maximum absolute atomic E-state index is 16.5. The minimum atomic E-state index is -0.630. The number of hydrogen-bond acceptors (Lipinski definition) is 7. The Morgan fingerprint density at radius 1 is 0.868 bits per heavy atom.